The number of nitrogens with one attached hydrogen (secondary N) is 2. The van der Waals surface area contributed by atoms with E-state index in [1.165, 1.54) is 0 Å². The van der Waals surface area contributed by atoms with Crippen LogP contribution < -0.4 is 10.6 Å². The first-order chi connectivity index (χ1) is 9.76. The fraction of sp³-hybridized carbons (Fsp3) is 0.533. The highest BCUT2D eigenvalue weighted by atomic mass is 32.2. The Morgan fingerprint density at radius 3 is 2.43 bits per heavy atom. The van der Waals surface area contributed by atoms with Crippen molar-refractivity contribution >= 4 is 22.5 Å². The molecule has 0 aliphatic rings. The minimum atomic E-state index is -1.03. The van der Waals surface area contributed by atoms with Gasteiger partial charge in [-0.2, -0.15) is 0 Å². The molecule has 0 saturated carbocycles. The third-order valence-corrected chi connectivity index (χ3v) is 4.66. The molecule has 6 heteroatoms. The summed E-state index contributed by atoms with van der Waals surface area (Å²) >= 11 is 0. The summed E-state index contributed by atoms with van der Waals surface area (Å²) in [7, 11) is -1.03. The highest BCUT2D eigenvalue weighted by Gasteiger charge is 2.27. The van der Waals surface area contributed by atoms with E-state index in [1.54, 1.807) is 37.4 Å². The summed E-state index contributed by atoms with van der Waals surface area (Å²) in [5.74, 6) is 0.0941. The number of anilines is 1. The van der Waals surface area contributed by atoms with Crippen LogP contribution in [0.5, 0.6) is 0 Å². The predicted octanol–water partition coefficient (Wildman–Crippen LogP) is 2.34. The minimum absolute atomic E-state index is 0.0941. The van der Waals surface area contributed by atoms with Crippen LogP contribution >= 0.6 is 0 Å². The van der Waals surface area contributed by atoms with Crippen LogP contribution in [0.15, 0.2) is 29.2 Å². The molecule has 0 bridgehead atoms. The van der Waals surface area contributed by atoms with Crippen LogP contribution in [-0.4, -0.2) is 33.7 Å². The Bertz CT molecular complexity index is 500. The second kappa shape index (κ2) is 7.56. The Kier molecular flexibility index (Phi) is 6.36. The summed E-state index contributed by atoms with van der Waals surface area (Å²) in [5, 5.41) is 15.6. The lowest BCUT2D eigenvalue weighted by Gasteiger charge is -2.29. The highest BCUT2D eigenvalue weighted by molar-refractivity contribution is 7.84. The first-order valence-corrected chi connectivity index (χ1v) is 8.52. The second-order valence-corrected chi connectivity index (χ2v) is 6.83. The molecule has 21 heavy (non-hydrogen) atoms. The largest absolute Gasteiger partial charge is 0.388 e. The fourth-order valence-corrected chi connectivity index (χ4v) is 2.30. The van der Waals surface area contributed by atoms with Crippen LogP contribution in [0.1, 0.15) is 27.2 Å². The molecule has 0 aromatic heterocycles. The van der Waals surface area contributed by atoms with E-state index in [2.05, 4.69) is 10.6 Å². The minimum Gasteiger partial charge on any atom is -0.388 e. The van der Waals surface area contributed by atoms with Gasteiger partial charge >= 0.3 is 6.03 Å². The van der Waals surface area contributed by atoms with Crippen molar-refractivity contribution in [3.05, 3.63) is 24.3 Å². The molecule has 0 heterocycles. The van der Waals surface area contributed by atoms with Crippen molar-refractivity contribution in [1.82, 2.24) is 5.32 Å². The van der Waals surface area contributed by atoms with E-state index < -0.39 is 16.4 Å². The topological polar surface area (TPSA) is 78.4 Å². The molecule has 3 atom stereocenters. The number of amides is 2. The average molecular weight is 312 g/mol. The Hall–Kier alpha value is -1.40. The number of carbonyl (C=O) groups is 1. The summed E-state index contributed by atoms with van der Waals surface area (Å²) < 4.78 is 11.3. The van der Waals surface area contributed by atoms with Gasteiger partial charge in [0.2, 0.25) is 0 Å². The second-order valence-electron chi connectivity index (χ2n) is 5.45. The molecule has 0 saturated heterocycles. The molecule has 5 nitrogen and oxygen atoms in total. The molecule has 3 unspecified atom stereocenters. The maximum atomic E-state index is 11.8. The van der Waals surface area contributed by atoms with Crippen LogP contribution in [0.2, 0.25) is 0 Å². The van der Waals surface area contributed by atoms with Gasteiger partial charge < -0.3 is 15.7 Å². The van der Waals surface area contributed by atoms with Crippen molar-refractivity contribution in [2.45, 2.75) is 37.7 Å². The zero-order valence-electron chi connectivity index (χ0n) is 13.0. The first-order valence-electron chi connectivity index (χ1n) is 6.97. The van der Waals surface area contributed by atoms with Gasteiger partial charge in [0.05, 0.1) is 5.60 Å². The molecule has 1 rings (SSSR count). The van der Waals surface area contributed by atoms with E-state index in [0.717, 1.165) is 6.42 Å². The van der Waals surface area contributed by atoms with Crippen molar-refractivity contribution in [2.75, 3.05) is 18.1 Å². The van der Waals surface area contributed by atoms with Crippen molar-refractivity contribution < 1.29 is 14.1 Å². The van der Waals surface area contributed by atoms with Gasteiger partial charge in [-0.15, -0.1) is 0 Å². The van der Waals surface area contributed by atoms with Gasteiger partial charge in [-0.1, -0.05) is 20.3 Å². The monoisotopic (exact) mass is 312 g/mol. The molecule has 0 radical (unpaired) electrons. The average Bonchev–Trinajstić information content (AvgIpc) is 2.45. The van der Waals surface area contributed by atoms with Crippen molar-refractivity contribution in [3.63, 3.8) is 0 Å². The highest BCUT2D eigenvalue weighted by Crippen LogP contribution is 2.19. The third kappa shape index (κ3) is 5.47. The molecule has 0 aliphatic heterocycles. The number of benzene rings is 1. The number of carbonyl (C=O) groups excluding carboxylic acids is 1. The molecule has 118 valence electrons. The van der Waals surface area contributed by atoms with Gasteiger partial charge in [0.1, 0.15) is 0 Å². The summed E-state index contributed by atoms with van der Waals surface area (Å²) in [4.78, 5) is 12.5. The normalized spacial score (nSPS) is 16.6. The first kappa shape index (κ1) is 17.7. The van der Waals surface area contributed by atoms with Crippen molar-refractivity contribution in [2.24, 2.45) is 5.92 Å². The number of hydrogen-bond donors (Lipinski definition) is 3. The van der Waals surface area contributed by atoms with Crippen LogP contribution in [0.4, 0.5) is 10.5 Å². The Morgan fingerprint density at radius 1 is 1.38 bits per heavy atom. The van der Waals surface area contributed by atoms with E-state index in [-0.39, 0.29) is 18.5 Å². The standard InChI is InChI=1S/C15H24N2O3S/c1-5-11(2)15(3,19)10-16-14(18)17-12-6-8-13(9-7-12)21(4)20/h6-9,11,19H,5,10H2,1-4H3,(H2,16,17,18). The van der Waals surface area contributed by atoms with Crippen LogP contribution in [-0.2, 0) is 10.8 Å². The summed E-state index contributed by atoms with van der Waals surface area (Å²) in [6.45, 7) is 5.85. The maximum absolute atomic E-state index is 11.8. The summed E-state index contributed by atoms with van der Waals surface area (Å²) in [6, 6.07) is 6.44. The Labute approximate surface area is 128 Å². The Morgan fingerprint density at radius 2 is 1.95 bits per heavy atom. The number of aliphatic hydroxyl groups is 1. The smallest absolute Gasteiger partial charge is 0.319 e. The quantitative estimate of drug-likeness (QED) is 0.754. The molecular weight excluding hydrogens is 288 g/mol. The van der Waals surface area contributed by atoms with Gasteiger partial charge in [-0.25, -0.2) is 4.79 Å². The van der Waals surface area contributed by atoms with Gasteiger partial charge in [0.15, 0.2) is 0 Å². The number of rotatable bonds is 6. The summed E-state index contributed by atoms with van der Waals surface area (Å²) in [5.41, 5.74) is -0.320. The SMILES string of the molecule is CCC(C)C(C)(O)CNC(=O)Nc1ccc(S(C)=O)cc1. The molecule has 0 aliphatic carbocycles. The fourth-order valence-electron chi connectivity index (χ4n) is 1.78. The lowest BCUT2D eigenvalue weighted by Crippen LogP contribution is -2.46. The molecule has 1 aromatic rings. The molecular formula is C15H24N2O3S. The lowest BCUT2D eigenvalue weighted by molar-refractivity contribution is 0.00827. The zero-order chi connectivity index (χ0) is 16.0. The van der Waals surface area contributed by atoms with E-state index >= 15 is 0 Å². The lowest BCUT2D eigenvalue weighted by atomic mass is 9.89. The van der Waals surface area contributed by atoms with Crippen molar-refractivity contribution in [3.8, 4) is 0 Å². The van der Waals surface area contributed by atoms with Gasteiger partial charge in [0, 0.05) is 34.2 Å². The number of hydrogen-bond acceptors (Lipinski definition) is 3. The van der Waals surface area contributed by atoms with E-state index in [0.29, 0.717) is 10.6 Å². The van der Waals surface area contributed by atoms with E-state index in [1.807, 2.05) is 13.8 Å². The van der Waals surface area contributed by atoms with Gasteiger partial charge in [-0.05, 0) is 37.1 Å². The predicted molar refractivity (Wildman–Crippen MR) is 85.9 cm³/mol. The van der Waals surface area contributed by atoms with Gasteiger partial charge in [0.25, 0.3) is 0 Å². The molecule has 0 fully saturated rings. The van der Waals surface area contributed by atoms with Crippen LogP contribution in [0, 0.1) is 5.92 Å². The zero-order valence-corrected chi connectivity index (χ0v) is 13.8. The molecule has 0 spiro atoms. The van der Waals surface area contributed by atoms with Crippen LogP contribution in [0.3, 0.4) is 0 Å². The summed E-state index contributed by atoms with van der Waals surface area (Å²) in [6.07, 6.45) is 2.44. The Balaban J connectivity index is 2.52. The molecule has 3 N–H and O–H groups in total. The van der Waals surface area contributed by atoms with E-state index in [4.69, 9.17) is 0 Å². The van der Waals surface area contributed by atoms with Crippen LogP contribution in [0.25, 0.3) is 0 Å². The number of urea groups is 1. The maximum Gasteiger partial charge on any atom is 0.319 e. The molecule has 1 aromatic carbocycles. The third-order valence-electron chi connectivity index (χ3n) is 3.72. The van der Waals surface area contributed by atoms with Gasteiger partial charge in [-0.3, -0.25) is 4.21 Å². The van der Waals surface area contributed by atoms with E-state index in [9.17, 15) is 14.1 Å². The van der Waals surface area contributed by atoms with Crippen molar-refractivity contribution in [1.29, 1.82) is 0 Å². The molecule has 2 amide bonds.